The van der Waals surface area contributed by atoms with Gasteiger partial charge in [0, 0.05) is 24.2 Å². The molecule has 6 aliphatic rings. The molecule has 0 aromatic carbocycles. The SMILES string of the molecule is C1=CC2C3CCCCN3[Si]3(N2CC1)N1CCCCC1C1CCCCN13. The van der Waals surface area contributed by atoms with Crippen LogP contribution in [0.5, 0.6) is 0 Å². The minimum atomic E-state index is -1.84. The number of piperidine rings is 3. The van der Waals surface area contributed by atoms with Gasteiger partial charge in [-0.2, -0.15) is 0 Å². The Morgan fingerprint density at radius 1 is 0.600 bits per heavy atom. The molecular weight excluding hydrogens is 324 g/mol. The van der Waals surface area contributed by atoms with Crippen LogP contribution in [-0.2, 0) is 0 Å². The normalized spacial score (nSPS) is 48.3. The van der Waals surface area contributed by atoms with Gasteiger partial charge in [0.2, 0.25) is 0 Å². The number of hydrogen-bond acceptors (Lipinski definition) is 4. The van der Waals surface area contributed by atoms with Gasteiger partial charge in [0.25, 0.3) is 0 Å². The highest BCUT2D eigenvalue weighted by molar-refractivity contribution is 6.71. The maximum Gasteiger partial charge on any atom is 0.378 e. The van der Waals surface area contributed by atoms with Gasteiger partial charge >= 0.3 is 8.72 Å². The molecule has 0 N–H and O–H groups in total. The summed E-state index contributed by atoms with van der Waals surface area (Å²) in [6.07, 6.45) is 19.5. The zero-order valence-electron chi connectivity index (χ0n) is 15.7. The fourth-order valence-corrected chi connectivity index (χ4v) is 14.2. The Balaban J connectivity index is 1.51. The molecule has 25 heavy (non-hydrogen) atoms. The smallest absolute Gasteiger partial charge is 0.282 e. The Hall–Kier alpha value is -0.203. The van der Waals surface area contributed by atoms with E-state index in [1.54, 1.807) is 0 Å². The summed E-state index contributed by atoms with van der Waals surface area (Å²) >= 11 is 0. The van der Waals surface area contributed by atoms with Crippen LogP contribution in [0.4, 0.5) is 0 Å². The Morgan fingerprint density at radius 2 is 1.16 bits per heavy atom. The lowest BCUT2D eigenvalue weighted by molar-refractivity contribution is 0.186. The third-order valence-corrected chi connectivity index (χ3v) is 13.5. The minimum absolute atomic E-state index is 0.726. The van der Waals surface area contributed by atoms with E-state index >= 15 is 0 Å². The zero-order chi connectivity index (χ0) is 16.4. The number of nitrogens with zero attached hydrogens (tertiary/aromatic N) is 4. The van der Waals surface area contributed by atoms with Crippen molar-refractivity contribution < 1.29 is 0 Å². The summed E-state index contributed by atoms with van der Waals surface area (Å²) in [4.78, 5) is 0. The molecule has 5 saturated heterocycles. The van der Waals surface area contributed by atoms with Crippen LogP contribution in [0.25, 0.3) is 0 Å². The minimum Gasteiger partial charge on any atom is -0.282 e. The van der Waals surface area contributed by atoms with Crippen LogP contribution < -0.4 is 0 Å². The second-order valence-corrected chi connectivity index (χ2v) is 12.8. The van der Waals surface area contributed by atoms with Crippen molar-refractivity contribution in [3.63, 3.8) is 0 Å². The molecule has 0 radical (unpaired) electrons. The summed E-state index contributed by atoms with van der Waals surface area (Å²) in [6.45, 7) is 5.48. The van der Waals surface area contributed by atoms with E-state index in [1.807, 2.05) is 0 Å². The van der Waals surface area contributed by atoms with Crippen LogP contribution in [0.1, 0.15) is 64.2 Å². The van der Waals surface area contributed by atoms with E-state index in [0.717, 1.165) is 24.2 Å². The third kappa shape index (κ3) is 1.97. The van der Waals surface area contributed by atoms with Crippen molar-refractivity contribution in [1.29, 1.82) is 0 Å². The highest BCUT2D eigenvalue weighted by Gasteiger charge is 2.72. The molecule has 6 rings (SSSR count). The number of fused-ring (bicyclic) bond motifs is 10. The summed E-state index contributed by atoms with van der Waals surface area (Å²) < 4.78 is 12.6. The average Bonchev–Trinajstić information content (AvgIpc) is 3.16. The topological polar surface area (TPSA) is 13.0 Å². The van der Waals surface area contributed by atoms with Crippen molar-refractivity contribution >= 4 is 8.72 Å². The molecule has 4 atom stereocenters. The van der Waals surface area contributed by atoms with Gasteiger partial charge in [0.05, 0.1) is 0 Å². The molecule has 5 fully saturated rings. The molecule has 5 heteroatoms. The first kappa shape index (κ1) is 15.8. The first-order valence-electron chi connectivity index (χ1n) is 11.2. The largest absolute Gasteiger partial charge is 0.378 e. The van der Waals surface area contributed by atoms with E-state index in [1.165, 1.54) is 90.4 Å². The second-order valence-electron chi connectivity index (χ2n) is 9.27. The standard InChI is InChI=1S/C20H34N4Si/c1-5-13-21-17(9-1)18-10-2-6-14-22(18)25(21)23-15-7-3-11-19(23)20-12-4-8-16-24(20)25/h1,9,17-20H,2-8,10-16H2. The van der Waals surface area contributed by atoms with Crippen LogP contribution in [0.2, 0.25) is 0 Å². The van der Waals surface area contributed by atoms with E-state index in [2.05, 4.69) is 30.4 Å². The highest BCUT2D eigenvalue weighted by atomic mass is 28.4. The van der Waals surface area contributed by atoms with E-state index < -0.39 is 8.72 Å². The Morgan fingerprint density at radius 3 is 1.80 bits per heavy atom. The van der Waals surface area contributed by atoms with Crippen molar-refractivity contribution in [2.24, 2.45) is 0 Å². The van der Waals surface area contributed by atoms with E-state index in [-0.39, 0.29) is 0 Å². The van der Waals surface area contributed by atoms with Gasteiger partial charge in [-0.3, -0.25) is 18.3 Å². The van der Waals surface area contributed by atoms with Gasteiger partial charge in [0.1, 0.15) is 0 Å². The molecular formula is C20H34N4Si. The van der Waals surface area contributed by atoms with Gasteiger partial charge in [-0.15, -0.1) is 0 Å². The van der Waals surface area contributed by atoms with Gasteiger partial charge in [-0.25, -0.2) is 0 Å². The van der Waals surface area contributed by atoms with Crippen molar-refractivity contribution in [1.82, 2.24) is 18.3 Å². The summed E-state index contributed by atoms with van der Waals surface area (Å²) in [5.41, 5.74) is 0. The van der Waals surface area contributed by atoms with Crippen LogP contribution in [0.3, 0.4) is 0 Å². The van der Waals surface area contributed by atoms with Crippen molar-refractivity contribution in [3.8, 4) is 0 Å². The van der Waals surface area contributed by atoms with Gasteiger partial charge in [-0.1, -0.05) is 31.4 Å². The fourth-order valence-electron chi connectivity index (χ4n) is 7.52. The lowest BCUT2D eigenvalue weighted by Gasteiger charge is -2.52. The number of hydrogen-bond donors (Lipinski definition) is 0. The number of rotatable bonds is 0. The Labute approximate surface area is 154 Å². The first-order valence-corrected chi connectivity index (χ1v) is 12.9. The van der Waals surface area contributed by atoms with Crippen molar-refractivity contribution in [2.45, 2.75) is 88.4 Å². The van der Waals surface area contributed by atoms with Crippen LogP contribution in [0.15, 0.2) is 12.2 Å². The predicted octanol–water partition coefficient (Wildman–Crippen LogP) is 2.64. The van der Waals surface area contributed by atoms with E-state index in [9.17, 15) is 0 Å². The van der Waals surface area contributed by atoms with Gasteiger partial charge in [0.15, 0.2) is 0 Å². The quantitative estimate of drug-likeness (QED) is 0.487. The molecule has 0 aromatic heterocycles. The Bertz CT molecular complexity index is 544. The van der Waals surface area contributed by atoms with Crippen LogP contribution in [0, 0.1) is 0 Å². The molecule has 138 valence electrons. The molecule has 0 aromatic rings. The predicted molar refractivity (Wildman–Crippen MR) is 103 cm³/mol. The lowest BCUT2D eigenvalue weighted by atomic mass is 9.92. The lowest BCUT2D eigenvalue weighted by Crippen LogP contribution is -2.77. The summed E-state index contributed by atoms with van der Waals surface area (Å²) in [5, 5.41) is 0. The monoisotopic (exact) mass is 358 g/mol. The molecule has 6 aliphatic heterocycles. The molecule has 4 nitrogen and oxygen atoms in total. The zero-order valence-corrected chi connectivity index (χ0v) is 16.7. The summed E-state index contributed by atoms with van der Waals surface area (Å²) in [7, 11) is -1.84. The maximum absolute atomic E-state index is 3.16. The summed E-state index contributed by atoms with van der Waals surface area (Å²) in [5.74, 6) is 0. The van der Waals surface area contributed by atoms with Crippen molar-refractivity contribution in [3.05, 3.63) is 12.2 Å². The molecule has 0 aliphatic carbocycles. The van der Waals surface area contributed by atoms with E-state index in [4.69, 9.17) is 0 Å². The average molecular weight is 359 g/mol. The third-order valence-electron chi connectivity index (χ3n) is 8.26. The Kier molecular flexibility index (Phi) is 3.73. The van der Waals surface area contributed by atoms with E-state index in [0.29, 0.717) is 0 Å². The van der Waals surface area contributed by atoms with Crippen molar-refractivity contribution in [2.75, 3.05) is 26.2 Å². The molecule has 0 saturated carbocycles. The molecule has 4 unspecified atom stereocenters. The van der Waals surface area contributed by atoms with Gasteiger partial charge in [-0.05, 0) is 71.1 Å². The fraction of sp³-hybridized carbons (Fsp3) is 0.900. The van der Waals surface area contributed by atoms with Crippen LogP contribution >= 0.6 is 0 Å². The molecule has 0 bridgehead atoms. The second kappa shape index (κ2) is 5.90. The highest BCUT2D eigenvalue weighted by Crippen LogP contribution is 2.51. The molecule has 6 heterocycles. The summed E-state index contributed by atoms with van der Waals surface area (Å²) in [6, 6.07) is 3.31. The molecule has 0 amide bonds. The van der Waals surface area contributed by atoms with Crippen LogP contribution in [-0.4, -0.2) is 77.3 Å². The molecule has 1 spiro atoms. The maximum atomic E-state index is 3.16. The first-order chi connectivity index (χ1) is 12.4. The van der Waals surface area contributed by atoms with Gasteiger partial charge < -0.3 is 0 Å².